The SMILES string of the molecule is COc1cccc([C@@H]2[C@H]3CN(C(C)=O)CC=C3C(C#N)C(=N)C2(C#N)C#N)c1. The molecule has 1 heterocycles. The number of nitrogens with zero attached hydrogens (tertiary/aromatic N) is 4. The average Bonchev–Trinajstić information content (AvgIpc) is 2.72. The standard InChI is InChI=1S/C21H19N5O2/c1-13(27)26-7-6-16-17(9-22)20(25)21(11-23,12-24)19(18(16)10-26)14-4-3-5-15(8-14)28-2/h3-6,8,17-19,25H,7,10H2,1-2H3/t17?,18-,19+/m0/s1. The van der Waals surface area contributed by atoms with Crippen molar-refractivity contribution in [2.45, 2.75) is 12.8 Å². The molecule has 1 saturated carbocycles. The molecule has 1 aliphatic heterocycles. The maximum absolute atomic E-state index is 12.0. The molecule has 0 radical (unpaired) electrons. The first-order valence-electron chi connectivity index (χ1n) is 8.84. The van der Waals surface area contributed by atoms with Crippen LogP contribution >= 0.6 is 0 Å². The van der Waals surface area contributed by atoms with E-state index in [1.165, 1.54) is 14.0 Å². The molecule has 0 saturated heterocycles. The number of rotatable bonds is 2. The lowest BCUT2D eigenvalue weighted by molar-refractivity contribution is -0.129. The van der Waals surface area contributed by atoms with Crippen molar-refractivity contribution in [1.29, 1.82) is 21.2 Å². The number of amides is 1. The summed E-state index contributed by atoms with van der Waals surface area (Å²) in [5, 5.41) is 38.2. The number of nitrogens with one attached hydrogen (secondary N) is 1. The number of hydrogen-bond donors (Lipinski definition) is 1. The highest BCUT2D eigenvalue weighted by Gasteiger charge is 2.57. The van der Waals surface area contributed by atoms with Crippen LogP contribution in [0.3, 0.4) is 0 Å². The number of fused-ring (bicyclic) bond motifs is 1. The van der Waals surface area contributed by atoms with Gasteiger partial charge in [-0.2, -0.15) is 15.8 Å². The summed E-state index contributed by atoms with van der Waals surface area (Å²) in [5.74, 6) is -1.60. The van der Waals surface area contributed by atoms with E-state index in [1.807, 2.05) is 12.1 Å². The van der Waals surface area contributed by atoms with Gasteiger partial charge in [0, 0.05) is 31.8 Å². The molecule has 1 aromatic carbocycles. The van der Waals surface area contributed by atoms with Gasteiger partial charge in [-0.1, -0.05) is 18.2 Å². The fourth-order valence-electron chi connectivity index (χ4n) is 4.28. The van der Waals surface area contributed by atoms with E-state index in [4.69, 9.17) is 10.1 Å². The monoisotopic (exact) mass is 373 g/mol. The molecule has 3 atom stereocenters. The second-order valence-corrected chi connectivity index (χ2v) is 7.00. The highest BCUT2D eigenvalue weighted by molar-refractivity contribution is 6.01. The molecule has 7 heteroatoms. The van der Waals surface area contributed by atoms with E-state index in [2.05, 4.69) is 6.07 Å². The van der Waals surface area contributed by atoms with Crippen LogP contribution < -0.4 is 4.74 Å². The average molecular weight is 373 g/mol. The van der Waals surface area contributed by atoms with Crippen LogP contribution in [0.4, 0.5) is 0 Å². The van der Waals surface area contributed by atoms with Crippen LogP contribution in [0.1, 0.15) is 18.4 Å². The molecule has 1 N–H and O–H groups in total. The fourth-order valence-corrected chi connectivity index (χ4v) is 4.28. The maximum atomic E-state index is 12.0. The van der Waals surface area contributed by atoms with Crippen LogP contribution in [0, 0.1) is 56.7 Å². The maximum Gasteiger partial charge on any atom is 0.219 e. The molecule has 3 rings (SSSR count). The minimum absolute atomic E-state index is 0.117. The van der Waals surface area contributed by atoms with Gasteiger partial charge in [0.1, 0.15) is 11.7 Å². The minimum atomic E-state index is -1.80. The minimum Gasteiger partial charge on any atom is -0.497 e. The Hall–Kier alpha value is -3.63. The van der Waals surface area contributed by atoms with Gasteiger partial charge in [-0.15, -0.1) is 0 Å². The Morgan fingerprint density at radius 1 is 1.32 bits per heavy atom. The van der Waals surface area contributed by atoms with Crippen molar-refractivity contribution in [3.63, 3.8) is 0 Å². The molecular formula is C21H19N5O2. The summed E-state index contributed by atoms with van der Waals surface area (Å²) in [4.78, 5) is 13.6. The van der Waals surface area contributed by atoms with Gasteiger partial charge >= 0.3 is 0 Å². The number of hydrogen-bond acceptors (Lipinski definition) is 6. The largest absolute Gasteiger partial charge is 0.497 e. The van der Waals surface area contributed by atoms with Crippen molar-refractivity contribution >= 4 is 11.6 Å². The lowest BCUT2D eigenvalue weighted by atomic mass is 9.54. The molecule has 7 nitrogen and oxygen atoms in total. The third kappa shape index (κ3) is 2.71. The molecule has 0 aromatic heterocycles. The number of carbonyl (C=O) groups is 1. The molecule has 1 aromatic rings. The molecule has 2 aliphatic rings. The molecule has 140 valence electrons. The predicted octanol–water partition coefficient (Wildman–Crippen LogP) is 2.39. The van der Waals surface area contributed by atoms with Crippen LogP contribution in [0.2, 0.25) is 0 Å². The van der Waals surface area contributed by atoms with E-state index >= 15 is 0 Å². The van der Waals surface area contributed by atoms with Crippen molar-refractivity contribution in [2.75, 3.05) is 20.2 Å². The highest BCUT2D eigenvalue weighted by atomic mass is 16.5. The van der Waals surface area contributed by atoms with E-state index in [0.717, 1.165) is 0 Å². The molecular weight excluding hydrogens is 354 g/mol. The second-order valence-electron chi connectivity index (χ2n) is 7.00. The lowest BCUT2D eigenvalue weighted by Crippen LogP contribution is -2.53. The molecule has 1 unspecified atom stereocenters. The van der Waals surface area contributed by atoms with Crippen LogP contribution in [0.25, 0.3) is 0 Å². The Balaban J connectivity index is 2.26. The highest BCUT2D eigenvalue weighted by Crippen LogP contribution is 2.53. The summed E-state index contributed by atoms with van der Waals surface area (Å²) in [5.41, 5.74) is -0.621. The number of methoxy groups -OCH3 is 1. The zero-order valence-electron chi connectivity index (χ0n) is 15.6. The van der Waals surface area contributed by atoms with Crippen molar-refractivity contribution in [3.8, 4) is 24.0 Å². The van der Waals surface area contributed by atoms with E-state index in [-0.39, 0.29) is 11.6 Å². The van der Waals surface area contributed by atoms with Crippen molar-refractivity contribution < 1.29 is 9.53 Å². The van der Waals surface area contributed by atoms with Crippen LogP contribution in [0.15, 0.2) is 35.9 Å². The summed E-state index contributed by atoms with van der Waals surface area (Å²) in [6.07, 6.45) is 1.80. The van der Waals surface area contributed by atoms with Gasteiger partial charge in [0.25, 0.3) is 0 Å². The van der Waals surface area contributed by atoms with Gasteiger partial charge in [0.2, 0.25) is 5.91 Å². The van der Waals surface area contributed by atoms with Gasteiger partial charge in [0.15, 0.2) is 5.41 Å². The topological polar surface area (TPSA) is 125 Å². The number of ether oxygens (including phenoxy) is 1. The first kappa shape index (κ1) is 19.1. The Bertz CT molecular complexity index is 977. The molecule has 1 aliphatic carbocycles. The van der Waals surface area contributed by atoms with Crippen molar-refractivity contribution in [1.82, 2.24) is 4.90 Å². The molecule has 0 spiro atoms. The molecule has 0 bridgehead atoms. The summed E-state index contributed by atoms with van der Waals surface area (Å²) in [7, 11) is 1.53. The zero-order chi connectivity index (χ0) is 20.5. The van der Waals surface area contributed by atoms with E-state index in [1.54, 1.807) is 35.2 Å². The molecule has 28 heavy (non-hydrogen) atoms. The van der Waals surface area contributed by atoms with Crippen LogP contribution in [-0.4, -0.2) is 36.7 Å². The van der Waals surface area contributed by atoms with E-state index < -0.39 is 23.2 Å². The Morgan fingerprint density at radius 3 is 2.61 bits per heavy atom. The third-order valence-electron chi connectivity index (χ3n) is 5.69. The zero-order valence-corrected chi connectivity index (χ0v) is 15.6. The fraction of sp³-hybridized carbons (Fsp3) is 0.381. The Labute approximate surface area is 163 Å². The second kappa shape index (κ2) is 7.18. The summed E-state index contributed by atoms with van der Waals surface area (Å²) >= 11 is 0. The smallest absolute Gasteiger partial charge is 0.219 e. The van der Waals surface area contributed by atoms with Gasteiger partial charge in [-0.05, 0) is 23.3 Å². The number of benzene rings is 1. The van der Waals surface area contributed by atoms with Crippen molar-refractivity contribution in [2.24, 2.45) is 17.3 Å². The van der Waals surface area contributed by atoms with Crippen LogP contribution in [0.5, 0.6) is 5.75 Å². The Kier molecular flexibility index (Phi) is 4.91. The van der Waals surface area contributed by atoms with Gasteiger partial charge < -0.3 is 15.0 Å². The normalized spacial score (nSPS) is 25.4. The first-order valence-corrected chi connectivity index (χ1v) is 8.84. The van der Waals surface area contributed by atoms with Gasteiger partial charge in [-0.25, -0.2) is 0 Å². The Morgan fingerprint density at radius 2 is 2.04 bits per heavy atom. The van der Waals surface area contributed by atoms with Crippen LogP contribution in [-0.2, 0) is 4.79 Å². The number of carbonyl (C=O) groups excluding carboxylic acids is 1. The van der Waals surface area contributed by atoms with Gasteiger partial charge in [-0.3, -0.25) is 4.79 Å². The van der Waals surface area contributed by atoms with Crippen molar-refractivity contribution in [3.05, 3.63) is 41.5 Å². The first-order chi connectivity index (χ1) is 13.4. The summed E-state index contributed by atoms with van der Waals surface area (Å²) in [6, 6.07) is 13.2. The number of nitriles is 3. The van der Waals surface area contributed by atoms with Gasteiger partial charge in [0.05, 0.1) is 31.0 Å². The molecule has 1 amide bonds. The molecule has 1 fully saturated rings. The quantitative estimate of drug-likeness (QED) is 0.797. The lowest BCUT2D eigenvalue weighted by Gasteiger charge is -2.47. The summed E-state index contributed by atoms with van der Waals surface area (Å²) < 4.78 is 5.29. The van der Waals surface area contributed by atoms with E-state index in [0.29, 0.717) is 30.0 Å². The summed E-state index contributed by atoms with van der Waals surface area (Å²) in [6.45, 7) is 2.11. The third-order valence-corrected chi connectivity index (χ3v) is 5.69. The predicted molar refractivity (Wildman–Crippen MR) is 100 cm³/mol. The van der Waals surface area contributed by atoms with E-state index in [9.17, 15) is 20.6 Å².